The molecular formula is C11H16BrCl3O2. The lowest BCUT2D eigenvalue weighted by molar-refractivity contribution is -0.145. The number of ether oxygens (including phenoxy) is 1. The molecule has 1 rings (SSSR count). The lowest BCUT2D eigenvalue weighted by Gasteiger charge is -2.37. The van der Waals surface area contributed by atoms with Crippen molar-refractivity contribution in [1.29, 1.82) is 0 Å². The summed E-state index contributed by atoms with van der Waals surface area (Å²) in [5.74, 6) is -0.215. The van der Waals surface area contributed by atoms with E-state index in [2.05, 4.69) is 15.9 Å². The summed E-state index contributed by atoms with van der Waals surface area (Å²) in [7, 11) is 0. The van der Waals surface area contributed by atoms with E-state index in [-0.39, 0.29) is 16.2 Å². The van der Waals surface area contributed by atoms with Crippen molar-refractivity contribution in [3.63, 3.8) is 0 Å². The molecule has 0 aromatic carbocycles. The van der Waals surface area contributed by atoms with Crippen molar-refractivity contribution in [3.05, 3.63) is 0 Å². The van der Waals surface area contributed by atoms with E-state index in [1.54, 1.807) is 6.92 Å². The fourth-order valence-corrected chi connectivity index (χ4v) is 3.76. The Morgan fingerprint density at radius 2 is 1.94 bits per heavy atom. The van der Waals surface area contributed by atoms with Crippen LogP contribution >= 0.6 is 50.7 Å². The fourth-order valence-electron chi connectivity index (χ4n) is 2.45. The first kappa shape index (κ1) is 15.9. The van der Waals surface area contributed by atoms with Gasteiger partial charge < -0.3 is 4.74 Å². The molecule has 0 saturated heterocycles. The lowest BCUT2D eigenvalue weighted by atomic mass is 9.80. The average molecular weight is 367 g/mol. The molecule has 0 amide bonds. The minimum atomic E-state index is -1.41. The van der Waals surface area contributed by atoms with Crippen LogP contribution in [0.2, 0.25) is 0 Å². The van der Waals surface area contributed by atoms with Crippen molar-refractivity contribution in [3.8, 4) is 0 Å². The van der Waals surface area contributed by atoms with Crippen molar-refractivity contribution in [2.24, 2.45) is 5.41 Å². The Kier molecular flexibility index (Phi) is 5.90. The quantitative estimate of drug-likeness (QED) is 0.535. The Morgan fingerprint density at radius 1 is 1.41 bits per heavy atom. The Bertz CT molecular complexity index is 272. The predicted molar refractivity (Wildman–Crippen MR) is 75.2 cm³/mol. The van der Waals surface area contributed by atoms with Crippen LogP contribution < -0.4 is 0 Å². The highest BCUT2D eigenvalue weighted by Crippen LogP contribution is 2.54. The number of hydrogen-bond acceptors (Lipinski definition) is 2. The molecule has 0 aromatic heterocycles. The van der Waals surface area contributed by atoms with E-state index in [0.717, 1.165) is 25.7 Å². The van der Waals surface area contributed by atoms with Crippen LogP contribution in [-0.2, 0) is 9.53 Å². The maximum absolute atomic E-state index is 11.7. The molecule has 17 heavy (non-hydrogen) atoms. The minimum Gasteiger partial charge on any atom is -0.466 e. The van der Waals surface area contributed by atoms with Crippen LogP contribution in [0, 0.1) is 5.41 Å². The molecule has 1 unspecified atom stereocenters. The highest BCUT2D eigenvalue weighted by Gasteiger charge is 2.50. The van der Waals surface area contributed by atoms with Crippen LogP contribution in [0.1, 0.15) is 39.0 Å². The van der Waals surface area contributed by atoms with Crippen LogP contribution in [0.5, 0.6) is 0 Å². The molecule has 0 radical (unpaired) electrons. The van der Waals surface area contributed by atoms with Crippen molar-refractivity contribution < 1.29 is 9.53 Å². The van der Waals surface area contributed by atoms with Gasteiger partial charge in [-0.3, -0.25) is 4.79 Å². The maximum atomic E-state index is 11.7. The summed E-state index contributed by atoms with van der Waals surface area (Å²) in [6.07, 6.45) is 4.19. The summed E-state index contributed by atoms with van der Waals surface area (Å²) in [6.45, 7) is 2.18. The lowest BCUT2D eigenvalue weighted by Crippen LogP contribution is -2.39. The van der Waals surface area contributed by atoms with Gasteiger partial charge in [-0.2, -0.15) is 0 Å². The zero-order valence-electron chi connectivity index (χ0n) is 9.65. The van der Waals surface area contributed by atoms with E-state index in [1.165, 1.54) is 0 Å². The van der Waals surface area contributed by atoms with Gasteiger partial charge in [0, 0.05) is 0 Å². The first-order valence-corrected chi connectivity index (χ1v) is 7.73. The first-order chi connectivity index (χ1) is 7.82. The fraction of sp³-hybridized carbons (Fsp3) is 0.909. The second-order valence-corrected chi connectivity index (χ2v) is 7.74. The van der Waals surface area contributed by atoms with Crippen molar-refractivity contribution in [1.82, 2.24) is 0 Å². The van der Waals surface area contributed by atoms with Gasteiger partial charge in [0.1, 0.15) is 0 Å². The number of esters is 1. The first-order valence-electron chi connectivity index (χ1n) is 5.68. The Labute approximate surface area is 125 Å². The average Bonchev–Trinajstić information content (AvgIpc) is 2.65. The van der Waals surface area contributed by atoms with Crippen LogP contribution in [0.3, 0.4) is 0 Å². The third-order valence-electron chi connectivity index (χ3n) is 3.23. The van der Waals surface area contributed by atoms with Gasteiger partial charge in [0.2, 0.25) is 3.79 Å². The number of carbonyl (C=O) groups excluding carboxylic acids is 1. The largest absolute Gasteiger partial charge is 0.466 e. The van der Waals surface area contributed by atoms with E-state index in [1.807, 2.05) is 0 Å². The molecule has 6 heteroatoms. The molecule has 0 spiro atoms. The number of alkyl halides is 4. The summed E-state index contributed by atoms with van der Waals surface area (Å²) in [6, 6.07) is 0. The zero-order valence-corrected chi connectivity index (χ0v) is 13.5. The molecule has 0 aromatic rings. The standard InChI is InChI=1S/C11H16BrCl3O2/c1-2-17-8(16)7-10(5-3-4-6-10)9(12)11(13,14)15/h9H,2-7H2,1H3. The van der Waals surface area contributed by atoms with Gasteiger partial charge in [-0.05, 0) is 25.2 Å². The maximum Gasteiger partial charge on any atom is 0.306 e. The van der Waals surface area contributed by atoms with Gasteiger partial charge in [-0.25, -0.2) is 0 Å². The van der Waals surface area contributed by atoms with E-state index in [0.29, 0.717) is 13.0 Å². The number of carbonyl (C=O) groups is 1. The zero-order chi connectivity index (χ0) is 13.1. The molecule has 1 saturated carbocycles. The number of hydrogen-bond donors (Lipinski definition) is 0. The van der Waals surface area contributed by atoms with E-state index in [4.69, 9.17) is 39.5 Å². The van der Waals surface area contributed by atoms with E-state index < -0.39 is 3.79 Å². The molecular weight excluding hydrogens is 350 g/mol. The summed E-state index contributed by atoms with van der Waals surface area (Å²) in [5, 5.41) is 0. The third-order valence-corrected chi connectivity index (χ3v) is 6.33. The molecule has 1 fully saturated rings. The van der Waals surface area contributed by atoms with Crippen LogP contribution in [-0.4, -0.2) is 21.2 Å². The summed E-state index contributed by atoms with van der Waals surface area (Å²) >= 11 is 21.3. The van der Waals surface area contributed by atoms with Crippen molar-refractivity contribution in [2.75, 3.05) is 6.61 Å². The van der Waals surface area contributed by atoms with Gasteiger partial charge in [0.05, 0.1) is 17.9 Å². The second-order valence-electron chi connectivity index (χ2n) is 4.46. The van der Waals surface area contributed by atoms with Crippen LogP contribution in [0.4, 0.5) is 0 Å². The van der Waals surface area contributed by atoms with Crippen LogP contribution in [0.15, 0.2) is 0 Å². The molecule has 0 heterocycles. The topological polar surface area (TPSA) is 26.3 Å². The number of halogens is 4. The molecule has 1 aliphatic carbocycles. The summed E-state index contributed by atoms with van der Waals surface area (Å²) in [5.41, 5.74) is -0.294. The molecule has 1 atom stereocenters. The second kappa shape index (κ2) is 6.31. The molecule has 0 bridgehead atoms. The summed E-state index contributed by atoms with van der Waals surface area (Å²) in [4.78, 5) is 11.3. The van der Waals surface area contributed by atoms with Gasteiger partial charge in [0.15, 0.2) is 0 Å². The highest BCUT2D eigenvalue weighted by molar-refractivity contribution is 9.09. The molecule has 1 aliphatic rings. The third kappa shape index (κ3) is 4.15. The smallest absolute Gasteiger partial charge is 0.306 e. The normalized spacial score (nSPS) is 21.2. The van der Waals surface area contributed by atoms with Gasteiger partial charge in [-0.1, -0.05) is 63.6 Å². The molecule has 0 N–H and O–H groups in total. The Hall–Kier alpha value is 0.820. The molecule has 0 aliphatic heterocycles. The van der Waals surface area contributed by atoms with E-state index >= 15 is 0 Å². The Morgan fingerprint density at radius 3 is 2.35 bits per heavy atom. The van der Waals surface area contributed by atoms with Crippen molar-refractivity contribution in [2.45, 2.75) is 47.6 Å². The van der Waals surface area contributed by atoms with Crippen molar-refractivity contribution >= 4 is 56.7 Å². The monoisotopic (exact) mass is 364 g/mol. The highest BCUT2D eigenvalue weighted by atomic mass is 79.9. The molecule has 2 nitrogen and oxygen atoms in total. The minimum absolute atomic E-state index is 0.215. The van der Waals surface area contributed by atoms with Gasteiger partial charge in [-0.15, -0.1) is 0 Å². The SMILES string of the molecule is CCOC(=O)CC1(C(Br)C(Cl)(Cl)Cl)CCCC1. The van der Waals surface area contributed by atoms with E-state index in [9.17, 15) is 4.79 Å². The predicted octanol–water partition coefficient (Wildman–Crippen LogP) is 4.63. The van der Waals surface area contributed by atoms with Gasteiger partial charge in [0.25, 0.3) is 0 Å². The Balaban J connectivity index is 2.79. The van der Waals surface area contributed by atoms with Crippen LogP contribution in [0.25, 0.3) is 0 Å². The van der Waals surface area contributed by atoms with Gasteiger partial charge >= 0.3 is 5.97 Å². The summed E-state index contributed by atoms with van der Waals surface area (Å²) < 4.78 is 3.60. The number of rotatable bonds is 4. The molecule has 100 valence electrons.